The zero-order valence-corrected chi connectivity index (χ0v) is 10.8. The lowest BCUT2D eigenvalue weighted by Crippen LogP contribution is -2.12. The van der Waals surface area contributed by atoms with Crippen molar-refractivity contribution in [1.82, 2.24) is 9.97 Å². The molecular weight excluding hydrogens is 202 g/mol. The van der Waals surface area contributed by atoms with Crippen molar-refractivity contribution in [3.8, 4) is 0 Å². The summed E-state index contributed by atoms with van der Waals surface area (Å²) in [5.74, 6) is 2.01. The highest BCUT2D eigenvalue weighted by Crippen LogP contribution is 2.19. The molecule has 1 heterocycles. The van der Waals surface area contributed by atoms with Crippen molar-refractivity contribution in [2.24, 2.45) is 0 Å². The second-order valence-corrected chi connectivity index (χ2v) is 4.03. The number of aromatic nitrogens is 2. The van der Waals surface area contributed by atoms with Crippen molar-refractivity contribution in [1.29, 1.82) is 0 Å². The Kier molecular flexibility index (Phi) is 4.68. The van der Waals surface area contributed by atoms with Gasteiger partial charge in [-0.15, -0.1) is 0 Å². The van der Waals surface area contributed by atoms with Gasteiger partial charge in [0, 0.05) is 30.8 Å². The largest absolute Gasteiger partial charge is 0.384 e. The first-order chi connectivity index (χ1) is 7.60. The number of rotatable bonds is 5. The molecule has 0 aromatic carbocycles. The van der Waals surface area contributed by atoms with Gasteiger partial charge in [0.05, 0.1) is 6.61 Å². The highest BCUT2D eigenvalue weighted by Gasteiger charge is 2.12. The zero-order chi connectivity index (χ0) is 12.1. The summed E-state index contributed by atoms with van der Waals surface area (Å²) >= 11 is 0. The van der Waals surface area contributed by atoms with Crippen molar-refractivity contribution in [2.45, 2.75) is 33.6 Å². The molecular formula is C12H21N3O. The van der Waals surface area contributed by atoms with Crippen LogP contribution in [0.1, 0.15) is 36.8 Å². The lowest BCUT2D eigenvalue weighted by molar-refractivity contribution is 0.181. The highest BCUT2D eigenvalue weighted by molar-refractivity contribution is 5.45. The van der Waals surface area contributed by atoms with Gasteiger partial charge in [0.25, 0.3) is 0 Å². The molecule has 90 valence electrons. The van der Waals surface area contributed by atoms with Gasteiger partial charge in [0.1, 0.15) is 11.6 Å². The molecule has 0 saturated heterocycles. The van der Waals surface area contributed by atoms with Gasteiger partial charge in [-0.3, -0.25) is 0 Å². The summed E-state index contributed by atoms with van der Waals surface area (Å²) in [4.78, 5) is 9.04. The Hall–Kier alpha value is -1.16. The van der Waals surface area contributed by atoms with Gasteiger partial charge in [-0.1, -0.05) is 6.92 Å². The number of aryl methyl sites for hydroxylation is 1. The molecule has 0 fully saturated rings. The molecule has 0 radical (unpaired) electrons. The zero-order valence-electron chi connectivity index (χ0n) is 10.8. The maximum atomic E-state index is 5.13. The van der Waals surface area contributed by atoms with Gasteiger partial charge in [-0.05, 0) is 20.8 Å². The van der Waals surface area contributed by atoms with Crippen LogP contribution in [0.25, 0.3) is 0 Å². The van der Waals surface area contributed by atoms with Crippen LogP contribution < -0.4 is 5.32 Å². The Morgan fingerprint density at radius 2 is 2.00 bits per heavy atom. The first-order valence-electron chi connectivity index (χ1n) is 5.68. The molecule has 0 aliphatic heterocycles. The molecule has 0 saturated carbocycles. The van der Waals surface area contributed by atoms with Crippen molar-refractivity contribution >= 4 is 5.82 Å². The molecule has 1 aromatic heterocycles. The SMILES string of the molecule is CCNc1nc(C(C)COC)nc(C)c1C. The number of methoxy groups -OCH3 is 1. The van der Waals surface area contributed by atoms with Gasteiger partial charge in [0.2, 0.25) is 0 Å². The van der Waals surface area contributed by atoms with E-state index in [0.29, 0.717) is 6.61 Å². The summed E-state index contributed by atoms with van der Waals surface area (Å²) in [6.07, 6.45) is 0. The van der Waals surface area contributed by atoms with E-state index in [1.165, 1.54) is 0 Å². The molecule has 16 heavy (non-hydrogen) atoms. The fourth-order valence-electron chi connectivity index (χ4n) is 1.53. The average molecular weight is 223 g/mol. The number of hydrogen-bond acceptors (Lipinski definition) is 4. The minimum atomic E-state index is 0.224. The van der Waals surface area contributed by atoms with Crippen LogP contribution in [0.5, 0.6) is 0 Å². The fraction of sp³-hybridized carbons (Fsp3) is 0.667. The van der Waals surface area contributed by atoms with Crippen LogP contribution in [0.2, 0.25) is 0 Å². The molecule has 1 rings (SSSR count). The second-order valence-electron chi connectivity index (χ2n) is 4.03. The van der Waals surface area contributed by atoms with Crippen molar-refractivity contribution < 1.29 is 4.74 Å². The predicted octanol–water partition coefficient (Wildman–Crippen LogP) is 2.28. The Labute approximate surface area is 97.5 Å². The summed E-state index contributed by atoms with van der Waals surface area (Å²) in [5.41, 5.74) is 2.15. The van der Waals surface area contributed by atoms with Crippen LogP contribution in [-0.2, 0) is 4.74 Å². The van der Waals surface area contributed by atoms with Crippen LogP contribution in [0.4, 0.5) is 5.82 Å². The van der Waals surface area contributed by atoms with Gasteiger partial charge in [-0.25, -0.2) is 9.97 Å². The normalized spacial score (nSPS) is 12.6. The molecule has 1 N–H and O–H groups in total. The molecule has 0 bridgehead atoms. The number of nitrogens with zero attached hydrogens (tertiary/aromatic N) is 2. The molecule has 1 atom stereocenters. The van der Waals surface area contributed by atoms with Gasteiger partial charge in [0.15, 0.2) is 0 Å². The first kappa shape index (κ1) is 12.9. The van der Waals surface area contributed by atoms with E-state index in [4.69, 9.17) is 4.74 Å². The maximum absolute atomic E-state index is 5.13. The summed E-state index contributed by atoms with van der Waals surface area (Å²) in [6.45, 7) is 9.71. The quantitative estimate of drug-likeness (QED) is 0.832. The van der Waals surface area contributed by atoms with E-state index in [1.54, 1.807) is 7.11 Å². The third kappa shape index (κ3) is 2.92. The predicted molar refractivity (Wildman–Crippen MR) is 66.0 cm³/mol. The third-order valence-corrected chi connectivity index (χ3v) is 2.61. The van der Waals surface area contributed by atoms with Gasteiger partial charge >= 0.3 is 0 Å². The van der Waals surface area contributed by atoms with Crippen LogP contribution in [0.15, 0.2) is 0 Å². The van der Waals surface area contributed by atoms with E-state index in [1.807, 2.05) is 13.8 Å². The summed E-state index contributed by atoms with van der Waals surface area (Å²) in [6, 6.07) is 0. The monoisotopic (exact) mass is 223 g/mol. The number of anilines is 1. The number of ether oxygens (including phenoxy) is 1. The Morgan fingerprint density at radius 1 is 1.31 bits per heavy atom. The Bertz CT molecular complexity index is 352. The lowest BCUT2D eigenvalue weighted by atomic mass is 10.1. The molecule has 1 aromatic rings. The van der Waals surface area contributed by atoms with Crippen LogP contribution in [0, 0.1) is 13.8 Å². The topological polar surface area (TPSA) is 47.0 Å². The van der Waals surface area contributed by atoms with Crippen LogP contribution in [0.3, 0.4) is 0 Å². The molecule has 1 unspecified atom stereocenters. The van der Waals surface area contributed by atoms with Crippen LogP contribution >= 0.6 is 0 Å². The summed E-state index contributed by atoms with van der Waals surface area (Å²) in [5, 5.41) is 3.26. The van der Waals surface area contributed by atoms with Crippen molar-refractivity contribution in [3.63, 3.8) is 0 Å². The molecule has 0 spiro atoms. The first-order valence-corrected chi connectivity index (χ1v) is 5.68. The number of hydrogen-bond donors (Lipinski definition) is 1. The Morgan fingerprint density at radius 3 is 2.56 bits per heavy atom. The van der Waals surface area contributed by atoms with Gasteiger partial charge < -0.3 is 10.1 Å². The van der Waals surface area contributed by atoms with Gasteiger partial charge in [-0.2, -0.15) is 0 Å². The summed E-state index contributed by atoms with van der Waals surface area (Å²) < 4.78 is 5.13. The van der Waals surface area contributed by atoms with E-state index >= 15 is 0 Å². The van der Waals surface area contributed by atoms with Crippen LogP contribution in [-0.4, -0.2) is 30.2 Å². The molecule has 4 nitrogen and oxygen atoms in total. The Balaban J connectivity index is 3.03. The van der Waals surface area contributed by atoms with E-state index < -0.39 is 0 Å². The van der Waals surface area contributed by atoms with Crippen molar-refractivity contribution in [3.05, 3.63) is 17.1 Å². The average Bonchev–Trinajstić information content (AvgIpc) is 2.25. The smallest absolute Gasteiger partial charge is 0.136 e. The van der Waals surface area contributed by atoms with E-state index in [-0.39, 0.29) is 5.92 Å². The van der Waals surface area contributed by atoms with Crippen molar-refractivity contribution in [2.75, 3.05) is 25.6 Å². The van der Waals surface area contributed by atoms with E-state index in [9.17, 15) is 0 Å². The maximum Gasteiger partial charge on any atom is 0.136 e. The lowest BCUT2D eigenvalue weighted by Gasteiger charge is -2.14. The molecule has 0 amide bonds. The molecule has 0 aliphatic carbocycles. The number of nitrogens with one attached hydrogen (secondary N) is 1. The minimum Gasteiger partial charge on any atom is -0.384 e. The standard InChI is InChI=1S/C12H21N3O/c1-6-13-12-9(3)10(4)14-11(15-12)8(2)7-16-5/h8H,6-7H2,1-5H3,(H,13,14,15). The molecule has 0 aliphatic rings. The fourth-order valence-corrected chi connectivity index (χ4v) is 1.53. The minimum absolute atomic E-state index is 0.224. The highest BCUT2D eigenvalue weighted by atomic mass is 16.5. The third-order valence-electron chi connectivity index (χ3n) is 2.61. The second kappa shape index (κ2) is 5.80. The van der Waals surface area contributed by atoms with E-state index in [2.05, 4.69) is 29.1 Å². The summed E-state index contributed by atoms with van der Waals surface area (Å²) in [7, 11) is 1.70. The van der Waals surface area contributed by atoms with E-state index in [0.717, 1.165) is 29.4 Å². The molecule has 4 heteroatoms.